The summed E-state index contributed by atoms with van der Waals surface area (Å²) in [5.41, 5.74) is 3.05. The summed E-state index contributed by atoms with van der Waals surface area (Å²) < 4.78 is 5.31. The van der Waals surface area contributed by atoms with Gasteiger partial charge in [-0.3, -0.25) is 0 Å². The molecule has 0 spiro atoms. The number of rotatable bonds is 2. The molecule has 1 aliphatic rings. The molecule has 1 fully saturated rings. The molecule has 1 heterocycles. The quantitative estimate of drug-likeness (QED) is 0.861. The van der Waals surface area contributed by atoms with Crippen LogP contribution in [0.1, 0.15) is 44.7 Å². The van der Waals surface area contributed by atoms with Crippen LogP contribution in [0.5, 0.6) is 5.75 Å². The first-order chi connectivity index (χ1) is 8.40. The SMILES string of the molecule is COc1ccc(C2(C(C)(C)C)CCCN2)c(C)c1. The third-order valence-corrected chi connectivity index (χ3v) is 4.33. The number of aryl methyl sites for hydroxylation is 1. The lowest BCUT2D eigenvalue weighted by molar-refractivity contribution is 0.160. The first-order valence-electron chi connectivity index (χ1n) is 6.81. The van der Waals surface area contributed by atoms with Gasteiger partial charge in [0.25, 0.3) is 0 Å². The van der Waals surface area contributed by atoms with Gasteiger partial charge in [0.05, 0.1) is 7.11 Å². The van der Waals surface area contributed by atoms with Crippen molar-refractivity contribution in [3.05, 3.63) is 29.3 Å². The van der Waals surface area contributed by atoms with E-state index in [9.17, 15) is 0 Å². The van der Waals surface area contributed by atoms with E-state index >= 15 is 0 Å². The average Bonchev–Trinajstić information content (AvgIpc) is 2.78. The Kier molecular flexibility index (Phi) is 3.41. The third kappa shape index (κ3) is 2.03. The van der Waals surface area contributed by atoms with Gasteiger partial charge in [-0.25, -0.2) is 0 Å². The number of ether oxygens (including phenoxy) is 1. The number of methoxy groups -OCH3 is 1. The van der Waals surface area contributed by atoms with Crippen LogP contribution < -0.4 is 10.1 Å². The van der Waals surface area contributed by atoms with Crippen molar-refractivity contribution in [1.82, 2.24) is 5.32 Å². The molecule has 18 heavy (non-hydrogen) atoms. The second-order valence-corrected chi connectivity index (χ2v) is 6.37. The van der Waals surface area contributed by atoms with Gasteiger partial charge in [-0.1, -0.05) is 26.8 Å². The van der Waals surface area contributed by atoms with Crippen LogP contribution in [0, 0.1) is 12.3 Å². The molecule has 0 saturated carbocycles. The Morgan fingerprint density at radius 2 is 2.00 bits per heavy atom. The Bertz CT molecular complexity index is 425. The van der Waals surface area contributed by atoms with Crippen LogP contribution in [0.15, 0.2) is 18.2 Å². The summed E-state index contributed by atoms with van der Waals surface area (Å²) in [4.78, 5) is 0. The Hall–Kier alpha value is -1.02. The minimum absolute atomic E-state index is 0.101. The number of benzene rings is 1. The molecule has 2 heteroatoms. The molecule has 2 nitrogen and oxygen atoms in total. The van der Waals surface area contributed by atoms with Gasteiger partial charge in [0, 0.05) is 5.54 Å². The van der Waals surface area contributed by atoms with Crippen LogP contribution in [0.25, 0.3) is 0 Å². The van der Waals surface area contributed by atoms with Crippen LogP contribution in [0.3, 0.4) is 0 Å². The van der Waals surface area contributed by atoms with Crippen molar-refractivity contribution in [2.75, 3.05) is 13.7 Å². The molecule has 1 aromatic carbocycles. The standard InChI is InChI=1S/C16H25NO/c1-12-11-13(18-5)7-8-14(12)16(15(2,3)4)9-6-10-17-16/h7-8,11,17H,6,9-10H2,1-5H3. The lowest BCUT2D eigenvalue weighted by atomic mass is 9.67. The van der Waals surface area contributed by atoms with Crippen molar-refractivity contribution in [2.45, 2.75) is 46.1 Å². The molecule has 0 bridgehead atoms. The summed E-state index contributed by atoms with van der Waals surface area (Å²) in [7, 11) is 1.72. The molecule has 2 rings (SSSR count). The minimum atomic E-state index is 0.101. The van der Waals surface area contributed by atoms with Gasteiger partial charge >= 0.3 is 0 Å². The molecule has 100 valence electrons. The maximum absolute atomic E-state index is 5.31. The average molecular weight is 247 g/mol. The Labute approximate surface area is 111 Å². The largest absolute Gasteiger partial charge is 0.497 e. The third-order valence-electron chi connectivity index (χ3n) is 4.33. The summed E-state index contributed by atoms with van der Waals surface area (Å²) in [5, 5.41) is 3.76. The summed E-state index contributed by atoms with van der Waals surface area (Å²) in [6, 6.07) is 6.45. The molecular weight excluding hydrogens is 222 g/mol. The van der Waals surface area contributed by atoms with Gasteiger partial charge in [0.15, 0.2) is 0 Å². The predicted octanol–water partition coefficient (Wildman–Crippen LogP) is 3.63. The highest BCUT2D eigenvalue weighted by atomic mass is 16.5. The fraction of sp³-hybridized carbons (Fsp3) is 0.625. The molecule has 0 radical (unpaired) electrons. The van der Waals surface area contributed by atoms with Crippen LogP contribution in [-0.4, -0.2) is 13.7 Å². The van der Waals surface area contributed by atoms with Crippen molar-refractivity contribution in [3.63, 3.8) is 0 Å². The number of hydrogen-bond donors (Lipinski definition) is 1. The molecule has 1 unspecified atom stereocenters. The van der Waals surface area contributed by atoms with E-state index in [2.05, 4.69) is 51.2 Å². The Balaban J connectivity index is 2.50. The van der Waals surface area contributed by atoms with E-state index in [-0.39, 0.29) is 11.0 Å². The second-order valence-electron chi connectivity index (χ2n) is 6.37. The fourth-order valence-electron chi connectivity index (χ4n) is 3.26. The van der Waals surface area contributed by atoms with Gasteiger partial charge in [0.2, 0.25) is 0 Å². The molecule has 0 aromatic heterocycles. The van der Waals surface area contributed by atoms with Gasteiger partial charge < -0.3 is 10.1 Å². The predicted molar refractivity (Wildman–Crippen MR) is 76.1 cm³/mol. The molecule has 0 aliphatic carbocycles. The lowest BCUT2D eigenvalue weighted by Crippen LogP contribution is -2.48. The summed E-state index contributed by atoms with van der Waals surface area (Å²) in [6.45, 7) is 10.3. The summed E-state index contributed by atoms with van der Waals surface area (Å²) in [5.74, 6) is 0.943. The number of hydrogen-bond acceptors (Lipinski definition) is 2. The highest BCUT2D eigenvalue weighted by Gasteiger charge is 2.45. The zero-order valence-electron chi connectivity index (χ0n) is 12.3. The molecule has 1 atom stereocenters. The Morgan fingerprint density at radius 3 is 2.44 bits per heavy atom. The van der Waals surface area contributed by atoms with Crippen LogP contribution >= 0.6 is 0 Å². The molecule has 1 N–H and O–H groups in total. The van der Waals surface area contributed by atoms with Gasteiger partial charge in [-0.05, 0) is 55.0 Å². The molecule has 1 saturated heterocycles. The van der Waals surface area contributed by atoms with E-state index in [4.69, 9.17) is 4.74 Å². The van der Waals surface area contributed by atoms with Crippen molar-refractivity contribution in [1.29, 1.82) is 0 Å². The maximum atomic E-state index is 5.31. The zero-order chi connectivity index (χ0) is 13.4. The lowest BCUT2D eigenvalue weighted by Gasteiger charge is -2.43. The second kappa shape index (κ2) is 4.58. The van der Waals surface area contributed by atoms with Crippen LogP contribution in [0.4, 0.5) is 0 Å². The van der Waals surface area contributed by atoms with E-state index in [1.54, 1.807) is 7.11 Å². The molecule has 0 amide bonds. The first kappa shape index (κ1) is 13.4. The van der Waals surface area contributed by atoms with Crippen molar-refractivity contribution >= 4 is 0 Å². The summed E-state index contributed by atoms with van der Waals surface area (Å²) >= 11 is 0. The number of nitrogens with one attached hydrogen (secondary N) is 1. The fourth-order valence-corrected chi connectivity index (χ4v) is 3.26. The van der Waals surface area contributed by atoms with Crippen LogP contribution in [0.2, 0.25) is 0 Å². The highest BCUT2D eigenvalue weighted by molar-refractivity contribution is 5.41. The van der Waals surface area contributed by atoms with Gasteiger partial charge in [0.1, 0.15) is 5.75 Å². The summed E-state index contributed by atoms with van der Waals surface area (Å²) in [6.07, 6.45) is 2.46. The first-order valence-corrected chi connectivity index (χ1v) is 6.81. The van der Waals surface area contributed by atoms with Crippen molar-refractivity contribution in [3.8, 4) is 5.75 Å². The van der Waals surface area contributed by atoms with Crippen LogP contribution in [-0.2, 0) is 5.54 Å². The normalized spacial score (nSPS) is 24.3. The van der Waals surface area contributed by atoms with E-state index in [0.29, 0.717) is 0 Å². The van der Waals surface area contributed by atoms with Gasteiger partial charge in [-0.2, -0.15) is 0 Å². The molecule has 1 aromatic rings. The van der Waals surface area contributed by atoms with Gasteiger partial charge in [-0.15, -0.1) is 0 Å². The monoisotopic (exact) mass is 247 g/mol. The van der Waals surface area contributed by atoms with E-state index < -0.39 is 0 Å². The van der Waals surface area contributed by atoms with E-state index in [1.165, 1.54) is 24.0 Å². The Morgan fingerprint density at radius 1 is 1.28 bits per heavy atom. The van der Waals surface area contributed by atoms with Crippen molar-refractivity contribution < 1.29 is 4.74 Å². The molecular formula is C16H25NO. The smallest absolute Gasteiger partial charge is 0.119 e. The van der Waals surface area contributed by atoms with Crippen molar-refractivity contribution in [2.24, 2.45) is 5.41 Å². The van der Waals surface area contributed by atoms with E-state index in [0.717, 1.165) is 12.3 Å². The zero-order valence-corrected chi connectivity index (χ0v) is 12.3. The minimum Gasteiger partial charge on any atom is -0.497 e. The molecule has 1 aliphatic heterocycles. The van der Waals surface area contributed by atoms with E-state index in [1.807, 2.05) is 0 Å². The highest BCUT2D eigenvalue weighted by Crippen LogP contribution is 2.46. The topological polar surface area (TPSA) is 21.3 Å². The maximum Gasteiger partial charge on any atom is 0.119 e.